The van der Waals surface area contributed by atoms with Gasteiger partial charge in [0, 0.05) is 24.2 Å². The van der Waals surface area contributed by atoms with Crippen molar-refractivity contribution in [1.29, 1.82) is 0 Å². The monoisotopic (exact) mass is 380 g/mol. The Hall–Kier alpha value is -2.73. The van der Waals surface area contributed by atoms with E-state index < -0.39 is 5.92 Å². The molecule has 0 aliphatic carbocycles. The number of carbonyl (C=O) groups is 2. The minimum absolute atomic E-state index is 0.0439. The lowest BCUT2D eigenvalue weighted by molar-refractivity contribution is -0.147. The van der Waals surface area contributed by atoms with Crippen molar-refractivity contribution in [1.82, 2.24) is 4.98 Å². The van der Waals surface area contributed by atoms with E-state index in [4.69, 9.17) is 9.72 Å². The number of thiazole rings is 1. The Morgan fingerprint density at radius 1 is 1.26 bits per heavy atom. The molecule has 138 valence electrons. The van der Waals surface area contributed by atoms with Crippen LogP contribution in [-0.2, 0) is 14.3 Å². The van der Waals surface area contributed by atoms with Gasteiger partial charge in [-0.25, -0.2) is 4.98 Å². The molecule has 1 fully saturated rings. The summed E-state index contributed by atoms with van der Waals surface area (Å²) >= 11 is 1.64. The van der Waals surface area contributed by atoms with Crippen molar-refractivity contribution in [2.75, 3.05) is 18.1 Å². The Balaban J connectivity index is 1.68. The highest BCUT2D eigenvalue weighted by atomic mass is 32.1. The van der Waals surface area contributed by atoms with Crippen LogP contribution in [0.4, 0.5) is 5.69 Å². The largest absolute Gasteiger partial charge is 0.466 e. The van der Waals surface area contributed by atoms with E-state index in [0.29, 0.717) is 13.2 Å². The zero-order chi connectivity index (χ0) is 19.0. The van der Waals surface area contributed by atoms with Crippen LogP contribution in [0.25, 0.3) is 20.8 Å². The third-order valence-electron chi connectivity index (χ3n) is 4.87. The number of ether oxygens (including phenoxy) is 1. The van der Waals surface area contributed by atoms with Gasteiger partial charge in [-0.15, -0.1) is 11.3 Å². The SMILES string of the molecule is CCOC(=O)[C@H]1CC(=O)N(c2cccc(-c3nc4ccccc4s3)c2C)C1. The summed E-state index contributed by atoms with van der Waals surface area (Å²) in [4.78, 5) is 31.0. The van der Waals surface area contributed by atoms with Crippen LogP contribution >= 0.6 is 11.3 Å². The molecule has 27 heavy (non-hydrogen) atoms. The Morgan fingerprint density at radius 3 is 2.85 bits per heavy atom. The highest BCUT2D eigenvalue weighted by Crippen LogP contribution is 2.37. The normalized spacial score (nSPS) is 16.9. The molecule has 0 spiro atoms. The minimum Gasteiger partial charge on any atom is -0.466 e. The first-order chi connectivity index (χ1) is 13.1. The topological polar surface area (TPSA) is 59.5 Å². The number of hydrogen-bond donors (Lipinski definition) is 0. The number of nitrogens with zero attached hydrogens (tertiary/aromatic N) is 2. The summed E-state index contributed by atoms with van der Waals surface area (Å²) in [6.07, 6.45) is 0.198. The lowest BCUT2D eigenvalue weighted by atomic mass is 10.1. The van der Waals surface area contributed by atoms with Crippen molar-refractivity contribution < 1.29 is 14.3 Å². The standard InChI is InChI=1S/C21H20N2O3S/c1-3-26-21(25)14-11-19(24)23(12-14)17-9-6-7-15(13(17)2)20-22-16-8-4-5-10-18(16)27-20/h4-10,14H,3,11-12H2,1-2H3/t14-/m0/s1. The number of hydrogen-bond acceptors (Lipinski definition) is 5. The fourth-order valence-corrected chi connectivity index (χ4v) is 4.54. The maximum Gasteiger partial charge on any atom is 0.311 e. The van der Waals surface area contributed by atoms with Crippen LogP contribution in [0.5, 0.6) is 0 Å². The number of amides is 1. The van der Waals surface area contributed by atoms with Crippen molar-refractivity contribution in [3.05, 3.63) is 48.0 Å². The van der Waals surface area contributed by atoms with Gasteiger partial charge in [-0.05, 0) is 37.6 Å². The van der Waals surface area contributed by atoms with Crippen LogP contribution in [0, 0.1) is 12.8 Å². The van der Waals surface area contributed by atoms with E-state index in [1.165, 1.54) is 0 Å². The fraction of sp³-hybridized carbons (Fsp3) is 0.286. The highest BCUT2D eigenvalue weighted by Gasteiger charge is 2.36. The molecule has 1 aliphatic rings. The molecule has 1 aliphatic heterocycles. The molecule has 0 bridgehead atoms. The van der Waals surface area contributed by atoms with Gasteiger partial charge in [0.25, 0.3) is 0 Å². The quantitative estimate of drug-likeness (QED) is 0.637. The van der Waals surface area contributed by atoms with Crippen LogP contribution in [0.2, 0.25) is 0 Å². The molecule has 6 heteroatoms. The molecule has 1 amide bonds. The van der Waals surface area contributed by atoms with Gasteiger partial charge in [0.1, 0.15) is 5.01 Å². The third-order valence-corrected chi connectivity index (χ3v) is 5.93. The predicted molar refractivity (Wildman–Crippen MR) is 107 cm³/mol. The maximum absolute atomic E-state index is 12.5. The lowest BCUT2D eigenvalue weighted by Gasteiger charge is -2.20. The molecule has 5 nitrogen and oxygen atoms in total. The molecule has 2 aromatic carbocycles. The van der Waals surface area contributed by atoms with E-state index in [2.05, 4.69) is 6.07 Å². The zero-order valence-electron chi connectivity index (χ0n) is 15.3. The number of rotatable bonds is 4. The summed E-state index contributed by atoms with van der Waals surface area (Å²) in [6, 6.07) is 13.9. The van der Waals surface area contributed by atoms with Crippen molar-refractivity contribution in [2.45, 2.75) is 20.3 Å². The molecule has 0 saturated carbocycles. The van der Waals surface area contributed by atoms with Gasteiger partial charge >= 0.3 is 5.97 Å². The van der Waals surface area contributed by atoms with E-state index in [-0.39, 0.29) is 18.3 Å². The van der Waals surface area contributed by atoms with Crippen molar-refractivity contribution in [3.63, 3.8) is 0 Å². The van der Waals surface area contributed by atoms with Crippen molar-refractivity contribution in [3.8, 4) is 10.6 Å². The number of esters is 1. The second kappa shape index (κ2) is 7.12. The Kier molecular flexibility index (Phi) is 4.66. The number of fused-ring (bicyclic) bond motifs is 1. The predicted octanol–water partition coefficient (Wildman–Crippen LogP) is 4.19. The van der Waals surface area contributed by atoms with Gasteiger partial charge in [-0.2, -0.15) is 0 Å². The second-order valence-electron chi connectivity index (χ2n) is 6.59. The molecule has 3 aromatic rings. The maximum atomic E-state index is 12.5. The van der Waals surface area contributed by atoms with Crippen LogP contribution in [-0.4, -0.2) is 30.0 Å². The Bertz CT molecular complexity index is 994. The number of para-hydroxylation sites is 1. The van der Waals surface area contributed by atoms with Crippen molar-refractivity contribution in [2.24, 2.45) is 5.92 Å². The van der Waals surface area contributed by atoms with E-state index >= 15 is 0 Å². The van der Waals surface area contributed by atoms with Gasteiger partial charge in [0.05, 0.1) is 22.7 Å². The number of aromatic nitrogens is 1. The molecule has 1 atom stereocenters. The van der Waals surface area contributed by atoms with Crippen LogP contribution in [0.1, 0.15) is 18.9 Å². The van der Waals surface area contributed by atoms with E-state index in [9.17, 15) is 9.59 Å². The average Bonchev–Trinajstić information content (AvgIpc) is 3.26. The van der Waals surface area contributed by atoms with Gasteiger partial charge in [0.15, 0.2) is 0 Å². The molecular weight excluding hydrogens is 360 g/mol. The Labute approximate surface area is 161 Å². The number of anilines is 1. The number of benzene rings is 2. The smallest absolute Gasteiger partial charge is 0.311 e. The zero-order valence-corrected chi connectivity index (χ0v) is 16.1. The molecule has 0 N–H and O–H groups in total. The molecule has 1 aromatic heterocycles. The highest BCUT2D eigenvalue weighted by molar-refractivity contribution is 7.21. The molecule has 2 heterocycles. The summed E-state index contributed by atoms with van der Waals surface area (Å²) in [5.41, 5.74) is 3.82. The van der Waals surface area contributed by atoms with Crippen LogP contribution in [0.3, 0.4) is 0 Å². The van der Waals surface area contributed by atoms with Crippen molar-refractivity contribution >= 4 is 39.1 Å². The molecule has 1 saturated heterocycles. The third kappa shape index (κ3) is 3.21. The van der Waals surface area contributed by atoms with E-state index in [1.807, 2.05) is 43.3 Å². The molecule has 0 unspecified atom stereocenters. The van der Waals surface area contributed by atoms with Crippen LogP contribution in [0.15, 0.2) is 42.5 Å². The first-order valence-corrected chi connectivity index (χ1v) is 9.82. The van der Waals surface area contributed by atoms with E-state index in [1.54, 1.807) is 23.2 Å². The van der Waals surface area contributed by atoms with Gasteiger partial charge in [-0.3, -0.25) is 9.59 Å². The fourth-order valence-electron chi connectivity index (χ4n) is 3.49. The van der Waals surface area contributed by atoms with Gasteiger partial charge in [-0.1, -0.05) is 24.3 Å². The summed E-state index contributed by atoms with van der Waals surface area (Å²) in [5, 5.41) is 0.934. The summed E-state index contributed by atoms with van der Waals surface area (Å²) in [7, 11) is 0. The summed E-state index contributed by atoms with van der Waals surface area (Å²) in [5.74, 6) is -0.742. The first kappa shape index (κ1) is 17.7. The van der Waals surface area contributed by atoms with Crippen LogP contribution < -0.4 is 4.90 Å². The molecular formula is C21H20N2O3S. The van der Waals surface area contributed by atoms with Gasteiger partial charge in [0.2, 0.25) is 5.91 Å². The minimum atomic E-state index is -0.400. The van der Waals surface area contributed by atoms with E-state index in [0.717, 1.165) is 32.0 Å². The summed E-state index contributed by atoms with van der Waals surface area (Å²) in [6.45, 7) is 4.47. The van der Waals surface area contributed by atoms with Gasteiger partial charge < -0.3 is 9.64 Å². The lowest BCUT2D eigenvalue weighted by Crippen LogP contribution is -2.27. The molecule has 4 rings (SSSR count). The average molecular weight is 380 g/mol. The first-order valence-electron chi connectivity index (χ1n) is 9.01. The number of carbonyl (C=O) groups excluding carboxylic acids is 2. The summed E-state index contributed by atoms with van der Waals surface area (Å²) < 4.78 is 6.23. The molecule has 0 radical (unpaired) electrons. The Morgan fingerprint density at radius 2 is 2.07 bits per heavy atom. The second-order valence-corrected chi connectivity index (χ2v) is 7.62.